The lowest BCUT2D eigenvalue weighted by Gasteiger charge is -2.31. The van der Waals surface area contributed by atoms with E-state index in [0.717, 1.165) is 43.3 Å². The van der Waals surface area contributed by atoms with Crippen molar-refractivity contribution in [2.24, 2.45) is 0 Å². The molecule has 2 N–H and O–H groups in total. The fourth-order valence-corrected chi connectivity index (χ4v) is 3.25. The number of carbonyl (C=O) groups excluding carboxylic acids is 1. The van der Waals surface area contributed by atoms with Crippen molar-refractivity contribution in [2.45, 2.75) is 50.4 Å². The number of nitrogens with one attached hydrogen (secondary N) is 2. The van der Waals surface area contributed by atoms with Crippen LogP contribution in [0.1, 0.15) is 61.3 Å². The Balaban J connectivity index is 1.35. The number of H-pyrrole nitrogens is 2. The van der Waals surface area contributed by atoms with E-state index >= 15 is 0 Å². The number of nitrogens with zero attached hydrogens (tertiary/aromatic N) is 4. The maximum absolute atomic E-state index is 12.4. The lowest BCUT2D eigenvalue weighted by atomic mass is 9.97. The minimum Gasteiger partial charge on any atom is -0.348 e. The van der Waals surface area contributed by atoms with E-state index in [0.29, 0.717) is 18.8 Å². The van der Waals surface area contributed by atoms with Crippen molar-refractivity contribution in [3.05, 3.63) is 29.9 Å². The minimum absolute atomic E-state index is 0.210. The Bertz CT molecular complexity index is 660. The number of aryl methyl sites for hydroxylation is 1. The minimum atomic E-state index is 0.210. The molecular weight excluding hydrogens is 292 g/mol. The van der Waals surface area contributed by atoms with Gasteiger partial charge in [-0.25, -0.2) is 9.97 Å². The second kappa shape index (κ2) is 6.14. The summed E-state index contributed by atoms with van der Waals surface area (Å²) in [5.74, 6) is 2.98. The van der Waals surface area contributed by atoms with E-state index in [1.807, 2.05) is 4.90 Å². The molecule has 1 aliphatic carbocycles. The molecule has 0 bridgehead atoms. The van der Waals surface area contributed by atoms with Crippen LogP contribution in [0.5, 0.6) is 0 Å². The Kier molecular flexibility index (Phi) is 3.85. The van der Waals surface area contributed by atoms with Crippen LogP contribution in [0.15, 0.2) is 12.5 Å². The molecule has 7 heteroatoms. The number of hydrogen-bond acceptors (Lipinski definition) is 4. The number of hydrogen-bond donors (Lipinski definition) is 2. The van der Waals surface area contributed by atoms with Gasteiger partial charge in [0.05, 0.1) is 6.33 Å². The molecule has 1 aliphatic heterocycles. The van der Waals surface area contributed by atoms with Crippen LogP contribution in [0, 0.1) is 0 Å². The molecule has 2 aliphatic rings. The summed E-state index contributed by atoms with van der Waals surface area (Å²) in [7, 11) is 0. The van der Waals surface area contributed by atoms with Gasteiger partial charge in [0.25, 0.3) is 0 Å². The van der Waals surface area contributed by atoms with Crippen LogP contribution in [0.4, 0.5) is 0 Å². The Hall–Kier alpha value is -2.18. The van der Waals surface area contributed by atoms with Crippen molar-refractivity contribution in [1.29, 1.82) is 0 Å². The van der Waals surface area contributed by atoms with Gasteiger partial charge in [0, 0.05) is 43.2 Å². The highest BCUT2D eigenvalue weighted by molar-refractivity contribution is 5.76. The van der Waals surface area contributed by atoms with Gasteiger partial charge in [0.1, 0.15) is 5.82 Å². The van der Waals surface area contributed by atoms with E-state index < -0.39 is 0 Å². The molecule has 2 fully saturated rings. The topological polar surface area (TPSA) is 90.6 Å². The summed E-state index contributed by atoms with van der Waals surface area (Å²) in [6.45, 7) is 1.59. The van der Waals surface area contributed by atoms with Crippen molar-refractivity contribution in [3.8, 4) is 0 Å². The number of aromatic amines is 2. The maximum atomic E-state index is 12.4. The number of aromatic nitrogens is 5. The second-order valence-corrected chi connectivity index (χ2v) is 6.61. The second-order valence-electron chi connectivity index (χ2n) is 6.61. The average molecular weight is 314 g/mol. The van der Waals surface area contributed by atoms with E-state index in [4.69, 9.17) is 0 Å². The van der Waals surface area contributed by atoms with E-state index in [9.17, 15) is 4.79 Å². The summed E-state index contributed by atoms with van der Waals surface area (Å²) in [6.07, 6.45) is 9.19. The zero-order valence-corrected chi connectivity index (χ0v) is 13.2. The lowest BCUT2D eigenvalue weighted by molar-refractivity contribution is -0.132. The van der Waals surface area contributed by atoms with Crippen LogP contribution in [0.3, 0.4) is 0 Å². The highest BCUT2D eigenvalue weighted by Gasteiger charge is 2.31. The number of rotatable bonds is 5. The van der Waals surface area contributed by atoms with Gasteiger partial charge in [-0.3, -0.25) is 9.89 Å². The summed E-state index contributed by atoms with van der Waals surface area (Å²) in [5.41, 5.74) is 1.01. The smallest absolute Gasteiger partial charge is 0.222 e. The Labute approximate surface area is 134 Å². The summed E-state index contributed by atoms with van der Waals surface area (Å²) in [4.78, 5) is 26.1. The molecule has 1 saturated carbocycles. The van der Waals surface area contributed by atoms with Gasteiger partial charge in [-0.2, -0.15) is 5.10 Å². The van der Waals surface area contributed by atoms with E-state index in [2.05, 4.69) is 25.1 Å². The molecular formula is C16H22N6O. The molecule has 0 radical (unpaired) electrons. The molecule has 23 heavy (non-hydrogen) atoms. The van der Waals surface area contributed by atoms with Gasteiger partial charge in [-0.15, -0.1) is 0 Å². The third kappa shape index (κ3) is 3.28. The Morgan fingerprint density at radius 1 is 1.30 bits per heavy atom. The summed E-state index contributed by atoms with van der Waals surface area (Å²) in [6, 6.07) is 0. The quantitative estimate of drug-likeness (QED) is 0.879. The first-order valence-electron chi connectivity index (χ1n) is 8.47. The first-order chi connectivity index (χ1) is 11.3. The monoisotopic (exact) mass is 314 g/mol. The Morgan fingerprint density at radius 3 is 3.00 bits per heavy atom. The van der Waals surface area contributed by atoms with Gasteiger partial charge in [0.2, 0.25) is 5.91 Å². The van der Waals surface area contributed by atoms with Crippen LogP contribution in [-0.2, 0) is 11.2 Å². The third-order valence-corrected chi connectivity index (χ3v) is 4.79. The summed E-state index contributed by atoms with van der Waals surface area (Å²) in [5, 5.41) is 7.47. The number of piperidine rings is 1. The van der Waals surface area contributed by atoms with Crippen LogP contribution in [-0.4, -0.2) is 49.0 Å². The van der Waals surface area contributed by atoms with Crippen LogP contribution < -0.4 is 0 Å². The standard InChI is InChI=1S/C16H22N6O/c23-14(6-5-13-8-17-10-18-13)22-7-1-2-12(9-22)16-19-15(20-21-16)11-3-4-11/h8,10-12H,1-7,9H2,(H,17,18)(H,19,20,21). The molecule has 1 unspecified atom stereocenters. The highest BCUT2D eigenvalue weighted by atomic mass is 16.2. The first-order valence-corrected chi connectivity index (χ1v) is 8.47. The molecule has 1 atom stereocenters. The number of likely N-dealkylation sites (tertiary alicyclic amines) is 1. The van der Waals surface area contributed by atoms with Crippen molar-refractivity contribution in [2.75, 3.05) is 13.1 Å². The number of amides is 1. The lowest BCUT2D eigenvalue weighted by Crippen LogP contribution is -2.39. The molecule has 1 saturated heterocycles. The first kappa shape index (κ1) is 14.4. The van der Waals surface area contributed by atoms with Crippen molar-refractivity contribution in [1.82, 2.24) is 30.0 Å². The fraction of sp³-hybridized carbons (Fsp3) is 0.625. The van der Waals surface area contributed by atoms with Crippen molar-refractivity contribution >= 4 is 5.91 Å². The molecule has 0 aromatic carbocycles. The van der Waals surface area contributed by atoms with Gasteiger partial charge in [-0.1, -0.05) is 0 Å². The van der Waals surface area contributed by atoms with E-state index in [1.54, 1.807) is 12.5 Å². The van der Waals surface area contributed by atoms with E-state index in [-0.39, 0.29) is 11.8 Å². The van der Waals surface area contributed by atoms with Crippen LogP contribution >= 0.6 is 0 Å². The molecule has 2 aromatic rings. The average Bonchev–Trinajstić information content (AvgIpc) is 3.11. The van der Waals surface area contributed by atoms with E-state index in [1.165, 1.54) is 12.8 Å². The third-order valence-electron chi connectivity index (χ3n) is 4.79. The zero-order chi connectivity index (χ0) is 15.6. The molecule has 1 amide bonds. The summed E-state index contributed by atoms with van der Waals surface area (Å²) >= 11 is 0. The molecule has 2 aromatic heterocycles. The number of imidazole rings is 1. The largest absolute Gasteiger partial charge is 0.348 e. The van der Waals surface area contributed by atoms with Gasteiger partial charge in [0.15, 0.2) is 5.82 Å². The SMILES string of the molecule is O=C(CCc1cnc[nH]1)N1CCCC(c2n[nH]c(C3CC3)n2)C1. The predicted molar refractivity (Wildman–Crippen MR) is 83.8 cm³/mol. The fourth-order valence-electron chi connectivity index (χ4n) is 3.25. The maximum Gasteiger partial charge on any atom is 0.222 e. The molecule has 4 rings (SSSR count). The van der Waals surface area contributed by atoms with Crippen LogP contribution in [0.25, 0.3) is 0 Å². The molecule has 3 heterocycles. The normalized spacial score (nSPS) is 21.6. The van der Waals surface area contributed by atoms with Crippen molar-refractivity contribution in [3.63, 3.8) is 0 Å². The Morgan fingerprint density at radius 2 is 2.22 bits per heavy atom. The van der Waals surface area contributed by atoms with Gasteiger partial charge < -0.3 is 9.88 Å². The molecule has 122 valence electrons. The molecule has 7 nitrogen and oxygen atoms in total. The van der Waals surface area contributed by atoms with Crippen LogP contribution in [0.2, 0.25) is 0 Å². The van der Waals surface area contributed by atoms with Gasteiger partial charge in [-0.05, 0) is 32.1 Å². The number of carbonyl (C=O) groups is 1. The summed E-state index contributed by atoms with van der Waals surface area (Å²) < 4.78 is 0. The van der Waals surface area contributed by atoms with Crippen molar-refractivity contribution < 1.29 is 4.79 Å². The van der Waals surface area contributed by atoms with Gasteiger partial charge >= 0.3 is 0 Å². The highest BCUT2D eigenvalue weighted by Crippen LogP contribution is 2.38. The zero-order valence-electron chi connectivity index (χ0n) is 13.2. The molecule has 0 spiro atoms. The predicted octanol–water partition coefficient (Wildman–Crippen LogP) is 1.74.